The van der Waals surface area contributed by atoms with Crippen molar-refractivity contribution in [2.75, 3.05) is 6.61 Å². The predicted octanol–water partition coefficient (Wildman–Crippen LogP) is 2.20. The quantitative estimate of drug-likeness (QED) is 0.473. The molecular weight excluding hydrogens is 220 g/mol. The molecule has 2 heterocycles. The molecule has 0 aromatic rings. The van der Waals surface area contributed by atoms with Gasteiger partial charge in [0.05, 0.1) is 12.7 Å². The van der Waals surface area contributed by atoms with E-state index in [9.17, 15) is 5.11 Å². The third-order valence-corrected chi connectivity index (χ3v) is 3.36. The van der Waals surface area contributed by atoms with Crippen LogP contribution in [-0.2, 0) is 14.2 Å². The van der Waals surface area contributed by atoms with E-state index in [2.05, 4.69) is 6.92 Å². The molecule has 100 valence electrons. The van der Waals surface area contributed by atoms with Crippen molar-refractivity contribution >= 4 is 0 Å². The number of unbranched alkanes of at least 4 members (excludes halogenated alkanes) is 5. The predicted molar refractivity (Wildman–Crippen MR) is 63.5 cm³/mol. The summed E-state index contributed by atoms with van der Waals surface area (Å²) in [6.07, 6.45) is 7.90. The third kappa shape index (κ3) is 4.21. The van der Waals surface area contributed by atoms with Crippen LogP contribution in [0.4, 0.5) is 0 Å². The highest BCUT2D eigenvalue weighted by Gasteiger charge is 2.59. The summed E-state index contributed by atoms with van der Waals surface area (Å²) in [6.45, 7) is 2.59. The van der Waals surface area contributed by atoms with Gasteiger partial charge < -0.3 is 19.3 Å². The Kier molecular flexibility index (Phi) is 5.22. The molecule has 1 N–H and O–H groups in total. The van der Waals surface area contributed by atoms with Crippen LogP contribution >= 0.6 is 0 Å². The highest BCUT2D eigenvalue weighted by atomic mass is 16.9. The van der Waals surface area contributed by atoms with Gasteiger partial charge >= 0.3 is 0 Å². The first-order valence-corrected chi connectivity index (χ1v) is 6.92. The molecule has 4 nitrogen and oxygen atoms in total. The molecule has 0 aromatic heterocycles. The van der Waals surface area contributed by atoms with Gasteiger partial charge in [0.15, 0.2) is 18.7 Å². The molecule has 0 spiro atoms. The second kappa shape index (κ2) is 6.69. The number of rotatable bonds is 10. The van der Waals surface area contributed by atoms with Crippen molar-refractivity contribution in [2.45, 2.75) is 76.7 Å². The Morgan fingerprint density at radius 1 is 1.12 bits per heavy atom. The van der Waals surface area contributed by atoms with Gasteiger partial charge in [0.1, 0.15) is 0 Å². The molecule has 0 aromatic carbocycles. The fourth-order valence-corrected chi connectivity index (χ4v) is 2.12. The normalized spacial score (nSPS) is 31.8. The minimum atomic E-state index is -0.359. The van der Waals surface area contributed by atoms with Crippen LogP contribution in [0.25, 0.3) is 0 Å². The van der Waals surface area contributed by atoms with E-state index >= 15 is 0 Å². The maximum absolute atomic E-state index is 9.70. The third-order valence-electron chi connectivity index (χ3n) is 3.36. The van der Waals surface area contributed by atoms with Crippen LogP contribution in [-0.4, -0.2) is 36.5 Å². The number of hydrogen-bond donors (Lipinski definition) is 1. The van der Waals surface area contributed by atoms with Crippen molar-refractivity contribution in [1.82, 2.24) is 0 Å². The van der Waals surface area contributed by atoms with Crippen molar-refractivity contribution in [3.8, 4) is 0 Å². The molecule has 2 fully saturated rings. The van der Waals surface area contributed by atoms with E-state index in [-0.39, 0.29) is 24.8 Å². The summed E-state index contributed by atoms with van der Waals surface area (Å²) in [4.78, 5) is 0. The number of hydrogen-bond acceptors (Lipinski definition) is 4. The highest BCUT2D eigenvalue weighted by Crippen LogP contribution is 2.40. The Hall–Kier alpha value is -0.160. The monoisotopic (exact) mass is 244 g/mol. The lowest BCUT2D eigenvalue weighted by molar-refractivity contribution is -0.211. The minimum Gasteiger partial charge on any atom is -0.391 e. The Bertz CT molecular complexity index is 221. The average molecular weight is 244 g/mol. The van der Waals surface area contributed by atoms with E-state index in [0.717, 1.165) is 12.8 Å². The van der Waals surface area contributed by atoms with Gasteiger partial charge in [0.25, 0.3) is 0 Å². The Morgan fingerprint density at radius 3 is 2.53 bits per heavy atom. The molecule has 0 aliphatic carbocycles. The van der Waals surface area contributed by atoms with Gasteiger partial charge in [-0.1, -0.05) is 45.4 Å². The summed E-state index contributed by atoms with van der Waals surface area (Å²) >= 11 is 0. The second-order valence-corrected chi connectivity index (χ2v) is 5.02. The van der Waals surface area contributed by atoms with Crippen LogP contribution in [0.3, 0.4) is 0 Å². The lowest BCUT2D eigenvalue weighted by Gasteiger charge is -2.22. The summed E-state index contributed by atoms with van der Waals surface area (Å²) in [5, 5.41) is 9.70. The molecule has 0 bridgehead atoms. The largest absolute Gasteiger partial charge is 0.391 e. The Morgan fingerprint density at radius 2 is 1.88 bits per heavy atom. The average Bonchev–Trinajstić information content (AvgIpc) is 2.95. The first-order chi connectivity index (χ1) is 8.31. The number of fused-ring (bicyclic) bond motifs is 1. The summed E-state index contributed by atoms with van der Waals surface area (Å²) < 4.78 is 15.6. The zero-order valence-electron chi connectivity index (χ0n) is 10.6. The fourth-order valence-electron chi connectivity index (χ4n) is 2.12. The molecule has 0 amide bonds. The summed E-state index contributed by atoms with van der Waals surface area (Å²) in [5.74, 6) is 0. The van der Waals surface area contributed by atoms with Crippen molar-refractivity contribution in [3.63, 3.8) is 0 Å². The van der Waals surface area contributed by atoms with Gasteiger partial charge in [-0.15, -0.1) is 0 Å². The molecule has 17 heavy (non-hydrogen) atoms. The van der Waals surface area contributed by atoms with Gasteiger partial charge in [0.2, 0.25) is 0 Å². The molecule has 2 rings (SSSR count). The highest BCUT2D eigenvalue weighted by molar-refractivity contribution is 4.90. The smallest absolute Gasteiger partial charge is 0.192 e. The van der Waals surface area contributed by atoms with Crippen LogP contribution in [0, 0.1) is 0 Å². The molecule has 4 unspecified atom stereocenters. The number of aliphatic hydroxyl groups excluding tert-OH is 1. The van der Waals surface area contributed by atoms with E-state index in [0.29, 0.717) is 6.61 Å². The Labute approximate surface area is 103 Å². The number of aliphatic hydroxyl groups is 1. The van der Waals surface area contributed by atoms with E-state index in [1.165, 1.54) is 32.1 Å². The van der Waals surface area contributed by atoms with Crippen molar-refractivity contribution in [3.05, 3.63) is 0 Å². The SMILES string of the molecule is CCCCCCCCC(O)COC1OC2OC12. The first-order valence-electron chi connectivity index (χ1n) is 6.92. The van der Waals surface area contributed by atoms with Crippen LogP contribution in [0.2, 0.25) is 0 Å². The van der Waals surface area contributed by atoms with E-state index in [1.807, 2.05) is 0 Å². The molecule has 2 aliphatic rings. The van der Waals surface area contributed by atoms with Gasteiger partial charge in [-0.25, -0.2) is 0 Å². The molecule has 4 heteroatoms. The van der Waals surface area contributed by atoms with E-state index in [1.54, 1.807) is 0 Å². The maximum Gasteiger partial charge on any atom is 0.192 e. The van der Waals surface area contributed by atoms with Crippen LogP contribution in [0.1, 0.15) is 51.9 Å². The zero-order valence-corrected chi connectivity index (χ0v) is 10.6. The van der Waals surface area contributed by atoms with Crippen LogP contribution in [0.15, 0.2) is 0 Å². The van der Waals surface area contributed by atoms with E-state index < -0.39 is 0 Å². The molecule has 0 radical (unpaired) electrons. The topological polar surface area (TPSA) is 51.2 Å². The molecule has 2 saturated heterocycles. The maximum atomic E-state index is 9.70. The van der Waals surface area contributed by atoms with Crippen molar-refractivity contribution in [1.29, 1.82) is 0 Å². The fraction of sp³-hybridized carbons (Fsp3) is 1.00. The summed E-state index contributed by atoms with van der Waals surface area (Å²) in [7, 11) is 0. The van der Waals surface area contributed by atoms with Crippen molar-refractivity contribution in [2.24, 2.45) is 0 Å². The van der Waals surface area contributed by atoms with Gasteiger partial charge in [-0.3, -0.25) is 0 Å². The lowest BCUT2D eigenvalue weighted by atomic mass is 10.1. The van der Waals surface area contributed by atoms with Crippen LogP contribution in [0.5, 0.6) is 0 Å². The van der Waals surface area contributed by atoms with Crippen molar-refractivity contribution < 1.29 is 19.3 Å². The molecule has 4 atom stereocenters. The van der Waals surface area contributed by atoms with Crippen LogP contribution < -0.4 is 0 Å². The Balaban J connectivity index is 1.37. The standard InChI is InChI=1S/C13H24O4/c1-2-3-4-5-6-7-8-10(14)9-15-12-11-13(16-11)17-12/h10-14H,2-9H2,1H3. The summed E-state index contributed by atoms with van der Waals surface area (Å²) in [6, 6.07) is 0. The second-order valence-electron chi connectivity index (χ2n) is 5.02. The molecule has 0 saturated carbocycles. The zero-order chi connectivity index (χ0) is 12.1. The number of epoxide rings is 1. The molecular formula is C13H24O4. The first kappa shape index (κ1) is 13.3. The van der Waals surface area contributed by atoms with E-state index in [4.69, 9.17) is 14.2 Å². The van der Waals surface area contributed by atoms with Gasteiger partial charge in [0, 0.05) is 0 Å². The minimum absolute atomic E-state index is 0.00397. The summed E-state index contributed by atoms with van der Waals surface area (Å²) in [5.41, 5.74) is 0. The lowest BCUT2D eigenvalue weighted by Crippen LogP contribution is -2.37. The van der Waals surface area contributed by atoms with Gasteiger partial charge in [-0.2, -0.15) is 0 Å². The number of ether oxygens (including phenoxy) is 3. The van der Waals surface area contributed by atoms with Gasteiger partial charge in [-0.05, 0) is 6.42 Å². The molecule has 2 aliphatic heterocycles.